The molecule has 0 radical (unpaired) electrons. The monoisotopic (exact) mass is 338 g/mol. The van der Waals surface area contributed by atoms with E-state index in [0.29, 0.717) is 31.9 Å². The van der Waals surface area contributed by atoms with Gasteiger partial charge in [0.1, 0.15) is 17.2 Å². The molecule has 2 aliphatic rings. The van der Waals surface area contributed by atoms with Crippen molar-refractivity contribution in [2.75, 3.05) is 32.1 Å². The predicted octanol–water partition coefficient (Wildman–Crippen LogP) is 1.65. The highest BCUT2D eigenvalue weighted by molar-refractivity contribution is 8.00. The van der Waals surface area contributed by atoms with Crippen LogP contribution in [0.4, 0.5) is 4.39 Å². The van der Waals surface area contributed by atoms with Crippen LogP contribution in [0.1, 0.15) is 17.9 Å². The number of morpholine rings is 1. The molecule has 0 bridgehead atoms. The van der Waals surface area contributed by atoms with E-state index in [1.54, 1.807) is 30.0 Å². The van der Waals surface area contributed by atoms with Gasteiger partial charge in [-0.25, -0.2) is 4.39 Å². The number of ether oxygens (including phenoxy) is 1. The van der Waals surface area contributed by atoms with E-state index in [0.717, 1.165) is 0 Å². The first kappa shape index (κ1) is 16.3. The molecule has 0 aromatic heterocycles. The minimum atomic E-state index is -0.611. The lowest BCUT2D eigenvalue weighted by molar-refractivity contribution is -0.146. The Balaban J connectivity index is 1.82. The minimum Gasteiger partial charge on any atom is -0.378 e. The number of carbonyl (C=O) groups excluding carboxylic acids is 2. The molecule has 7 heteroatoms. The smallest absolute Gasteiger partial charge is 0.245 e. The maximum Gasteiger partial charge on any atom is 0.245 e. The molecule has 0 saturated carbocycles. The van der Waals surface area contributed by atoms with Gasteiger partial charge in [-0.15, -0.1) is 11.8 Å². The van der Waals surface area contributed by atoms with Crippen LogP contribution in [-0.2, 0) is 14.3 Å². The second kappa shape index (κ2) is 6.88. The molecule has 1 aromatic carbocycles. The summed E-state index contributed by atoms with van der Waals surface area (Å²) in [7, 11) is 0. The second-order valence-corrected chi connectivity index (χ2v) is 6.67. The highest BCUT2D eigenvalue weighted by Crippen LogP contribution is 2.41. The first-order valence-corrected chi connectivity index (χ1v) is 8.68. The average Bonchev–Trinajstić information content (AvgIpc) is 2.96. The van der Waals surface area contributed by atoms with Crippen LogP contribution in [0.3, 0.4) is 0 Å². The molecule has 5 nitrogen and oxygen atoms in total. The molecule has 2 unspecified atom stereocenters. The molecule has 124 valence electrons. The lowest BCUT2D eigenvalue weighted by atomic mass is 10.1. The summed E-state index contributed by atoms with van der Waals surface area (Å²) < 4.78 is 19.4. The summed E-state index contributed by atoms with van der Waals surface area (Å²) in [6, 6.07) is 5.80. The summed E-state index contributed by atoms with van der Waals surface area (Å²) >= 11 is 1.36. The normalized spacial score (nSPS) is 23.2. The van der Waals surface area contributed by atoms with E-state index in [4.69, 9.17) is 4.74 Å². The van der Waals surface area contributed by atoms with Crippen molar-refractivity contribution in [3.8, 4) is 0 Å². The number of rotatable bonds is 3. The summed E-state index contributed by atoms with van der Waals surface area (Å²) in [5, 5.41) is -0.455. The lowest BCUT2D eigenvalue weighted by Crippen LogP contribution is -2.51. The zero-order valence-corrected chi connectivity index (χ0v) is 13.7. The highest BCUT2D eigenvalue weighted by Gasteiger charge is 2.41. The van der Waals surface area contributed by atoms with E-state index in [2.05, 4.69) is 0 Å². The summed E-state index contributed by atoms with van der Waals surface area (Å²) in [4.78, 5) is 28.2. The van der Waals surface area contributed by atoms with Crippen molar-refractivity contribution in [2.45, 2.75) is 18.3 Å². The van der Waals surface area contributed by atoms with E-state index in [1.165, 1.54) is 22.7 Å². The van der Waals surface area contributed by atoms with Crippen molar-refractivity contribution in [3.63, 3.8) is 0 Å². The predicted molar refractivity (Wildman–Crippen MR) is 85.3 cm³/mol. The largest absolute Gasteiger partial charge is 0.378 e. The zero-order valence-electron chi connectivity index (χ0n) is 12.9. The van der Waals surface area contributed by atoms with E-state index in [1.807, 2.05) is 0 Å². The number of carbonyl (C=O) groups is 2. The third-order valence-corrected chi connectivity index (χ3v) is 5.38. The molecule has 0 N–H and O–H groups in total. The van der Waals surface area contributed by atoms with Gasteiger partial charge >= 0.3 is 0 Å². The van der Waals surface area contributed by atoms with Crippen LogP contribution in [-0.4, -0.2) is 59.7 Å². The maximum atomic E-state index is 14.1. The number of nitrogens with zero attached hydrogens (tertiary/aromatic N) is 2. The van der Waals surface area contributed by atoms with Crippen LogP contribution >= 0.6 is 11.8 Å². The molecule has 3 rings (SSSR count). The molecule has 2 saturated heterocycles. The zero-order chi connectivity index (χ0) is 16.4. The van der Waals surface area contributed by atoms with E-state index >= 15 is 0 Å². The fourth-order valence-electron chi connectivity index (χ4n) is 2.94. The van der Waals surface area contributed by atoms with Crippen LogP contribution in [0.2, 0.25) is 0 Å². The van der Waals surface area contributed by atoms with Gasteiger partial charge in [0.2, 0.25) is 11.8 Å². The first-order valence-electron chi connectivity index (χ1n) is 7.63. The van der Waals surface area contributed by atoms with Gasteiger partial charge in [0.05, 0.1) is 19.0 Å². The number of amides is 2. The standard InChI is InChI=1S/C16H19FN2O3S/c1-11(15(21)18-6-8-22-9-7-18)19-14(20)10-23-16(19)12-4-2-3-5-13(12)17/h2-5,11,16H,6-10H2,1H3. The van der Waals surface area contributed by atoms with Gasteiger partial charge in [-0.3, -0.25) is 9.59 Å². The van der Waals surface area contributed by atoms with Crippen molar-refractivity contribution in [3.05, 3.63) is 35.6 Å². The Bertz CT molecular complexity index is 607. The fourth-order valence-corrected chi connectivity index (χ4v) is 4.22. The summed E-state index contributed by atoms with van der Waals surface area (Å²) in [6.07, 6.45) is 0. The molecule has 23 heavy (non-hydrogen) atoms. The number of thioether (sulfide) groups is 1. The molecule has 2 fully saturated rings. The Labute approximate surface area is 138 Å². The molecular formula is C16H19FN2O3S. The number of halogens is 1. The topological polar surface area (TPSA) is 49.9 Å². The SMILES string of the molecule is CC(C(=O)N1CCOCC1)N1C(=O)CSC1c1ccccc1F. The lowest BCUT2D eigenvalue weighted by Gasteiger charge is -2.35. The Morgan fingerprint density at radius 1 is 1.35 bits per heavy atom. The van der Waals surface area contributed by atoms with E-state index < -0.39 is 11.4 Å². The Hall–Kier alpha value is -1.60. The van der Waals surface area contributed by atoms with Crippen LogP contribution in [0.25, 0.3) is 0 Å². The molecule has 0 aliphatic carbocycles. The summed E-state index contributed by atoms with van der Waals surface area (Å²) in [5.74, 6) is -0.321. The quantitative estimate of drug-likeness (QED) is 0.841. The van der Waals surface area contributed by atoms with Crippen molar-refractivity contribution < 1.29 is 18.7 Å². The van der Waals surface area contributed by atoms with Crippen LogP contribution in [0.5, 0.6) is 0 Å². The van der Waals surface area contributed by atoms with Gasteiger partial charge in [0, 0.05) is 18.7 Å². The Kier molecular flexibility index (Phi) is 4.87. The number of hydrogen-bond acceptors (Lipinski definition) is 4. The molecule has 2 heterocycles. The van der Waals surface area contributed by atoms with Crippen molar-refractivity contribution >= 4 is 23.6 Å². The van der Waals surface area contributed by atoms with Crippen molar-refractivity contribution in [1.29, 1.82) is 0 Å². The number of benzene rings is 1. The van der Waals surface area contributed by atoms with Crippen LogP contribution < -0.4 is 0 Å². The van der Waals surface area contributed by atoms with Crippen LogP contribution in [0, 0.1) is 5.82 Å². The Morgan fingerprint density at radius 2 is 2.04 bits per heavy atom. The van der Waals surface area contributed by atoms with Gasteiger partial charge in [-0.2, -0.15) is 0 Å². The van der Waals surface area contributed by atoms with Gasteiger partial charge in [0.25, 0.3) is 0 Å². The van der Waals surface area contributed by atoms with Crippen LogP contribution in [0.15, 0.2) is 24.3 Å². The molecule has 0 spiro atoms. The third-order valence-electron chi connectivity index (χ3n) is 4.17. The number of hydrogen-bond donors (Lipinski definition) is 0. The highest BCUT2D eigenvalue weighted by atomic mass is 32.2. The summed E-state index contributed by atoms with van der Waals surface area (Å²) in [6.45, 7) is 3.80. The molecule has 2 amide bonds. The van der Waals surface area contributed by atoms with Gasteiger partial charge in [-0.1, -0.05) is 18.2 Å². The third kappa shape index (κ3) is 3.21. The minimum absolute atomic E-state index is 0.106. The molecule has 2 atom stereocenters. The second-order valence-electron chi connectivity index (χ2n) is 5.60. The first-order chi connectivity index (χ1) is 11.1. The molecule has 2 aliphatic heterocycles. The van der Waals surface area contributed by atoms with Gasteiger partial charge in [0.15, 0.2) is 0 Å². The average molecular weight is 338 g/mol. The van der Waals surface area contributed by atoms with Gasteiger partial charge in [-0.05, 0) is 13.0 Å². The molecule has 1 aromatic rings. The van der Waals surface area contributed by atoms with E-state index in [9.17, 15) is 14.0 Å². The summed E-state index contributed by atoms with van der Waals surface area (Å²) in [5.41, 5.74) is 0.449. The maximum absolute atomic E-state index is 14.1. The van der Waals surface area contributed by atoms with Crippen molar-refractivity contribution in [2.24, 2.45) is 0 Å². The Morgan fingerprint density at radius 3 is 2.74 bits per heavy atom. The van der Waals surface area contributed by atoms with E-state index in [-0.39, 0.29) is 23.4 Å². The molecular weight excluding hydrogens is 319 g/mol. The fraction of sp³-hybridized carbons (Fsp3) is 0.500. The van der Waals surface area contributed by atoms with Gasteiger partial charge < -0.3 is 14.5 Å². The van der Waals surface area contributed by atoms with Crippen molar-refractivity contribution in [1.82, 2.24) is 9.80 Å².